The largest absolute Gasteiger partial charge is 0.468 e. The van der Waals surface area contributed by atoms with Gasteiger partial charge in [-0.3, -0.25) is 5.41 Å². The van der Waals surface area contributed by atoms with E-state index in [1.54, 1.807) is 32.4 Å². The van der Waals surface area contributed by atoms with Crippen LogP contribution in [0, 0.1) is 5.41 Å². The van der Waals surface area contributed by atoms with E-state index in [0.717, 1.165) is 0 Å². The molecule has 0 aliphatic heterocycles. The molecule has 0 saturated heterocycles. The topological polar surface area (TPSA) is 54.3 Å². The molecule has 0 amide bonds. The summed E-state index contributed by atoms with van der Waals surface area (Å²) in [6, 6.07) is 5.11. The van der Waals surface area contributed by atoms with Crippen LogP contribution in [0.15, 0.2) is 18.2 Å². The van der Waals surface area contributed by atoms with Crippen molar-refractivity contribution in [2.24, 2.45) is 0 Å². The number of ether oxygens (including phenoxy) is 2. The summed E-state index contributed by atoms with van der Waals surface area (Å²) in [4.78, 5) is 0. The van der Waals surface area contributed by atoms with E-state index in [1.807, 2.05) is 0 Å². The zero-order chi connectivity index (χ0) is 11.3. The van der Waals surface area contributed by atoms with E-state index in [1.165, 1.54) is 0 Å². The predicted octanol–water partition coefficient (Wildman–Crippen LogP) is 1.87. The van der Waals surface area contributed by atoms with Gasteiger partial charge in [0.15, 0.2) is 6.79 Å². The van der Waals surface area contributed by atoms with Crippen LogP contribution in [0.25, 0.3) is 0 Å². The number of methoxy groups -OCH3 is 1. The van der Waals surface area contributed by atoms with Gasteiger partial charge in [0.1, 0.15) is 11.6 Å². The average molecular weight is 229 g/mol. The van der Waals surface area contributed by atoms with Crippen molar-refractivity contribution in [3.8, 4) is 5.75 Å². The molecule has 0 bridgehead atoms. The second-order valence-corrected chi connectivity index (χ2v) is 3.22. The minimum atomic E-state index is 0.175. The SMILES string of the molecule is CNC(=N)c1cc(OCOC)ccc1Cl. The highest BCUT2D eigenvalue weighted by Crippen LogP contribution is 2.21. The molecular weight excluding hydrogens is 216 g/mol. The smallest absolute Gasteiger partial charge is 0.188 e. The molecular formula is C10H13ClN2O2. The van der Waals surface area contributed by atoms with E-state index in [9.17, 15) is 0 Å². The van der Waals surface area contributed by atoms with Crippen LogP contribution in [0.3, 0.4) is 0 Å². The van der Waals surface area contributed by atoms with Crippen molar-refractivity contribution in [1.82, 2.24) is 5.32 Å². The Labute approximate surface area is 93.7 Å². The number of amidine groups is 1. The molecule has 0 heterocycles. The molecule has 2 N–H and O–H groups in total. The molecule has 82 valence electrons. The highest BCUT2D eigenvalue weighted by molar-refractivity contribution is 6.34. The average Bonchev–Trinajstić information content (AvgIpc) is 2.27. The molecule has 1 aromatic rings. The Bertz CT molecular complexity index is 355. The Balaban J connectivity index is 2.89. The minimum Gasteiger partial charge on any atom is -0.468 e. The molecule has 1 aromatic carbocycles. The standard InChI is InChI=1S/C10H13ClN2O2/c1-13-10(12)8-5-7(15-6-14-2)3-4-9(8)11/h3-5H,6H2,1-2H3,(H2,12,13). The number of hydrogen-bond acceptors (Lipinski definition) is 3. The maximum atomic E-state index is 7.61. The maximum Gasteiger partial charge on any atom is 0.188 e. The van der Waals surface area contributed by atoms with Crippen molar-refractivity contribution < 1.29 is 9.47 Å². The lowest BCUT2D eigenvalue weighted by Crippen LogP contribution is -2.18. The van der Waals surface area contributed by atoms with Crippen molar-refractivity contribution in [1.29, 1.82) is 5.41 Å². The van der Waals surface area contributed by atoms with E-state index in [4.69, 9.17) is 26.5 Å². The van der Waals surface area contributed by atoms with Gasteiger partial charge >= 0.3 is 0 Å². The second-order valence-electron chi connectivity index (χ2n) is 2.82. The first-order valence-corrected chi connectivity index (χ1v) is 4.74. The maximum absolute atomic E-state index is 7.61. The van der Waals surface area contributed by atoms with Crippen molar-refractivity contribution in [2.45, 2.75) is 0 Å². The summed E-state index contributed by atoms with van der Waals surface area (Å²) in [6.45, 7) is 0.175. The van der Waals surface area contributed by atoms with E-state index in [2.05, 4.69) is 5.32 Å². The van der Waals surface area contributed by atoms with Gasteiger partial charge < -0.3 is 14.8 Å². The van der Waals surface area contributed by atoms with Crippen molar-refractivity contribution in [2.75, 3.05) is 21.0 Å². The summed E-state index contributed by atoms with van der Waals surface area (Å²) in [6.07, 6.45) is 0. The van der Waals surface area contributed by atoms with Crippen molar-refractivity contribution in [3.63, 3.8) is 0 Å². The van der Waals surface area contributed by atoms with Crippen LogP contribution in [0.1, 0.15) is 5.56 Å². The molecule has 0 aliphatic rings. The summed E-state index contributed by atoms with van der Waals surface area (Å²) in [5.41, 5.74) is 0.604. The zero-order valence-electron chi connectivity index (χ0n) is 8.63. The lowest BCUT2D eigenvalue weighted by atomic mass is 10.2. The number of benzene rings is 1. The molecule has 0 aromatic heterocycles. The Morgan fingerprint density at radius 2 is 2.27 bits per heavy atom. The van der Waals surface area contributed by atoms with E-state index >= 15 is 0 Å². The van der Waals surface area contributed by atoms with Gasteiger partial charge in [-0.25, -0.2) is 0 Å². The van der Waals surface area contributed by atoms with Gasteiger partial charge in [0.05, 0.1) is 5.02 Å². The van der Waals surface area contributed by atoms with Crippen LogP contribution in [0.4, 0.5) is 0 Å². The Morgan fingerprint density at radius 1 is 1.53 bits per heavy atom. The molecule has 15 heavy (non-hydrogen) atoms. The van der Waals surface area contributed by atoms with E-state index in [0.29, 0.717) is 16.3 Å². The molecule has 0 radical (unpaired) electrons. The van der Waals surface area contributed by atoms with Crippen LogP contribution in [-0.2, 0) is 4.74 Å². The monoisotopic (exact) mass is 228 g/mol. The van der Waals surface area contributed by atoms with Gasteiger partial charge in [0.2, 0.25) is 0 Å². The van der Waals surface area contributed by atoms with E-state index < -0.39 is 0 Å². The summed E-state index contributed by atoms with van der Waals surface area (Å²) >= 11 is 5.94. The van der Waals surface area contributed by atoms with Crippen LogP contribution in [0.5, 0.6) is 5.75 Å². The number of hydrogen-bond donors (Lipinski definition) is 2. The molecule has 0 aliphatic carbocycles. The predicted molar refractivity (Wildman–Crippen MR) is 59.8 cm³/mol. The first kappa shape index (κ1) is 11.8. The Morgan fingerprint density at radius 3 is 2.87 bits per heavy atom. The van der Waals surface area contributed by atoms with Gasteiger partial charge in [-0.15, -0.1) is 0 Å². The third kappa shape index (κ3) is 3.11. The number of halogens is 1. The van der Waals surface area contributed by atoms with Crippen LogP contribution >= 0.6 is 11.6 Å². The van der Waals surface area contributed by atoms with Crippen molar-refractivity contribution in [3.05, 3.63) is 28.8 Å². The highest BCUT2D eigenvalue weighted by atomic mass is 35.5. The molecule has 0 unspecified atom stereocenters. The summed E-state index contributed by atoms with van der Waals surface area (Å²) in [7, 11) is 3.22. The van der Waals surface area contributed by atoms with Crippen LogP contribution < -0.4 is 10.1 Å². The summed E-state index contributed by atoms with van der Waals surface area (Å²) in [5.74, 6) is 0.874. The lowest BCUT2D eigenvalue weighted by Gasteiger charge is -2.09. The third-order valence-electron chi connectivity index (χ3n) is 1.80. The van der Waals surface area contributed by atoms with Gasteiger partial charge in [0, 0.05) is 19.7 Å². The zero-order valence-corrected chi connectivity index (χ0v) is 9.39. The normalized spacial score (nSPS) is 9.80. The van der Waals surface area contributed by atoms with Crippen LogP contribution in [-0.4, -0.2) is 26.8 Å². The summed E-state index contributed by atoms with van der Waals surface area (Å²) in [5, 5.41) is 10.8. The third-order valence-corrected chi connectivity index (χ3v) is 2.13. The van der Waals surface area contributed by atoms with E-state index in [-0.39, 0.29) is 12.6 Å². The molecule has 0 atom stereocenters. The highest BCUT2D eigenvalue weighted by Gasteiger charge is 2.06. The molecule has 1 rings (SSSR count). The summed E-state index contributed by atoms with van der Waals surface area (Å²) < 4.78 is 10.0. The molecule has 0 fully saturated rings. The quantitative estimate of drug-likeness (QED) is 0.470. The molecule has 4 nitrogen and oxygen atoms in total. The van der Waals surface area contributed by atoms with Gasteiger partial charge in [0.25, 0.3) is 0 Å². The number of rotatable bonds is 4. The Hall–Kier alpha value is -1.26. The van der Waals surface area contributed by atoms with Gasteiger partial charge in [-0.1, -0.05) is 11.6 Å². The Kier molecular flexibility index (Phi) is 4.39. The molecule has 5 heteroatoms. The molecule has 0 saturated carbocycles. The van der Waals surface area contributed by atoms with Crippen LogP contribution in [0.2, 0.25) is 5.02 Å². The fourth-order valence-electron chi connectivity index (χ4n) is 1.05. The second kappa shape index (κ2) is 5.58. The van der Waals surface area contributed by atoms with Gasteiger partial charge in [-0.2, -0.15) is 0 Å². The number of nitrogens with one attached hydrogen (secondary N) is 2. The first-order valence-electron chi connectivity index (χ1n) is 4.37. The fourth-order valence-corrected chi connectivity index (χ4v) is 1.26. The fraction of sp³-hybridized carbons (Fsp3) is 0.300. The first-order chi connectivity index (χ1) is 7.19. The molecule has 0 spiro atoms. The van der Waals surface area contributed by atoms with Gasteiger partial charge in [-0.05, 0) is 18.2 Å². The van der Waals surface area contributed by atoms with Crippen molar-refractivity contribution >= 4 is 17.4 Å². The lowest BCUT2D eigenvalue weighted by molar-refractivity contribution is 0.0511. The minimum absolute atomic E-state index is 0.175.